The first-order chi connectivity index (χ1) is 19.0. The number of amides is 1. The maximum Gasteiger partial charge on any atom is 0.324 e. The molecule has 0 aromatic carbocycles. The molecule has 4 heterocycles. The zero-order valence-electron chi connectivity index (χ0n) is 23.4. The quantitative estimate of drug-likeness (QED) is 0.489. The highest BCUT2D eigenvalue weighted by atomic mass is 16.5. The molecule has 2 saturated heterocycles. The number of anilines is 1. The van der Waals surface area contributed by atoms with Crippen LogP contribution >= 0.6 is 0 Å². The molecule has 0 bridgehead atoms. The summed E-state index contributed by atoms with van der Waals surface area (Å²) < 4.78 is 11.7. The Morgan fingerprint density at radius 2 is 1.92 bits per heavy atom. The van der Waals surface area contributed by atoms with Crippen molar-refractivity contribution in [2.75, 3.05) is 44.2 Å². The lowest BCUT2D eigenvalue weighted by atomic mass is 9.86. The standard InChI is InChI=1S/C30H42N6O3/c1-21(2)28-32-30(39-33-28)36-14-4-3-5-26(36)20-38-27-13-10-24(19-31-27)22-6-8-23(9-7-22)29(37)35-17-15-34(16-18-35)25-11-12-25/h6,10,13,19,21,23,25-26H,3-5,7-9,11-12,14-18,20H2,1-2H3. The van der Waals surface area contributed by atoms with Crippen molar-refractivity contribution in [1.29, 1.82) is 0 Å². The monoisotopic (exact) mass is 534 g/mol. The van der Waals surface area contributed by atoms with Crippen molar-refractivity contribution in [2.45, 2.75) is 83.2 Å². The fourth-order valence-corrected chi connectivity index (χ4v) is 6.17. The normalized spacial score (nSPS) is 24.6. The predicted molar refractivity (Wildman–Crippen MR) is 150 cm³/mol. The highest BCUT2D eigenvalue weighted by Gasteiger charge is 2.34. The number of pyridine rings is 1. The number of ether oxygens (including phenoxy) is 1. The number of hydrogen-bond donors (Lipinski definition) is 0. The maximum absolute atomic E-state index is 13.1. The van der Waals surface area contributed by atoms with Crippen molar-refractivity contribution in [1.82, 2.24) is 24.9 Å². The first-order valence-corrected chi connectivity index (χ1v) is 15.0. The van der Waals surface area contributed by atoms with E-state index in [1.807, 2.05) is 12.3 Å². The van der Waals surface area contributed by atoms with E-state index in [0.29, 0.717) is 24.4 Å². The third-order valence-corrected chi connectivity index (χ3v) is 8.80. The van der Waals surface area contributed by atoms with Gasteiger partial charge in [-0.05, 0) is 68.6 Å². The first-order valence-electron chi connectivity index (χ1n) is 15.0. The molecule has 0 spiro atoms. The molecule has 4 aliphatic rings. The molecule has 3 fully saturated rings. The lowest BCUT2D eigenvalue weighted by molar-refractivity contribution is -0.137. The number of piperidine rings is 1. The van der Waals surface area contributed by atoms with Gasteiger partial charge in [0.2, 0.25) is 11.8 Å². The average Bonchev–Trinajstić information content (AvgIpc) is 3.72. The Labute approximate surface area is 231 Å². The molecule has 210 valence electrons. The summed E-state index contributed by atoms with van der Waals surface area (Å²) >= 11 is 0. The second-order valence-electron chi connectivity index (χ2n) is 11.9. The van der Waals surface area contributed by atoms with Crippen LogP contribution in [0.2, 0.25) is 0 Å². The van der Waals surface area contributed by atoms with Gasteiger partial charge in [-0.3, -0.25) is 9.69 Å². The van der Waals surface area contributed by atoms with Gasteiger partial charge in [0, 0.05) is 62.9 Å². The minimum absolute atomic E-state index is 0.116. The van der Waals surface area contributed by atoms with Crippen molar-refractivity contribution >= 4 is 17.5 Å². The van der Waals surface area contributed by atoms with Crippen molar-refractivity contribution < 1.29 is 14.1 Å². The van der Waals surface area contributed by atoms with Crippen molar-refractivity contribution in [2.24, 2.45) is 5.92 Å². The average molecular weight is 535 g/mol. The highest BCUT2D eigenvalue weighted by Crippen LogP contribution is 2.33. The molecule has 2 aliphatic carbocycles. The number of hydrogen-bond acceptors (Lipinski definition) is 8. The number of carbonyl (C=O) groups excluding carboxylic acids is 1. The largest absolute Gasteiger partial charge is 0.475 e. The van der Waals surface area contributed by atoms with Gasteiger partial charge in [-0.25, -0.2) is 4.98 Å². The third-order valence-electron chi connectivity index (χ3n) is 8.80. The van der Waals surface area contributed by atoms with Gasteiger partial charge in [-0.1, -0.05) is 25.1 Å². The van der Waals surface area contributed by atoms with Gasteiger partial charge in [-0.2, -0.15) is 4.98 Å². The Balaban J connectivity index is 0.998. The molecule has 0 N–H and O–H groups in total. The lowest BCUT2D eigenvalue weighted by Gasteiger charge is -2.37. The Morgan fingerprint density at radius 3 is 2.59 bits per heavy atom. The Kier molecular flexibility index (Phi) is 7.86. The van der Waals surface area contributed by atoms with Crippen LogP contribution in [0.25, 0.3) is 5.57 Å². The van der Waals surface area contributed by atoms with E-state index in [1.165, 1.54) is 18.4 Å². The van der Waals surface area contributed by atoms with Crippen molar-refractivity contribution in [3.05, 3.63) is 35.8 Å². The molecule has 39 heavy (non-hydrogen) atoms. The van der Waals surface area contributed by atoms with Gasteiger partial charge >= 0.3 is 6.01 Å². The van der Waals surface area contributed by atoms with E-state index < -0.39 is 0 Å². The van der Waals surface area contributed by atoms with Crippen molar-refractivity contribution in [3.63, 3.8) is 0 Å². The SMILES string of the molecule is CC(C)c1noc(N2CCCCC2COc2ccc(C3=CCC(C(=O)N4CCN(C5CC5)CC4)CC3)cn2)n1. The summed E-state index contributed by atoms with van der Waals surface area (Å²) in [6, 6.07) is 5.64. The minimum Gasteiger partial charge on any atom is -0.475 e. The fraction of sp³-hybridized carbons (Fsp3) is 0.667. The van der Waals surface area contributed by atoms with Crippen LogP contribution in [0.5, 0.6) is 5.88 Å². The molecule has 0 radical (unpaired) electrons. The van der Waals surface area contributed by atoms with E-state index in [0.717, 1.165) is 88.7 Å². The second-order valence-corrected chi connectivity index (χ2v) is 11.9. The molecule has 1 amide bonds. The van der Waals surface area contributed by atoms with E-state index in [2.05, 4.69) is 55.8 Å². The summed E-state index contributed by atoms with van der Waals surface area (Å²) in [6.07, 6.45) is 12.8. The second kappa shape index (κ2) is 11.7. The summed E-state index contributed by atoms with van der Waals surface area (Å²) in [5.74, 6) is 2.08. The topological polar surface area (TPSA) is 87.8 Å². The van der Waals surface area contributed by atoms with E-state index in [-0.39, 0.29) is 17.9 Å². The smallest absolute Gasteiger partial charge is 0.324 e. The number of carbonyl (C=O) groups is 1. The Bertz CT molecular complexity index is 1150. The lowest BCUT2D eigenvalue weighted by Crippen LogP contribution is -2.51. The van der Waals surface area contributed by atoms with Crippen LogP contribution in [0.1, 0.15) is 82.5 Å². The zero-order chi connectivity index (χ0) is 26.8. The number of piperazine rings is 1. The molecule has 2 atom stereocenters. The van der Waals surface area contributed by atoms with Gasteiger partial charge in [0.25, 0.3) is 0 Å². The molecule has 2 unspecified atom stereocenters. The molecule has 2 aliphatic heterocycles. The maximum atomic E-state index is 13.1. The molecule has 9 nitrogen and oxygen atoms in total. The first kappa shape index (κ1) is 26.3. The summed E-state index contributed by atoms with van der Waals surface area (Å²) in [7, 11) is 0. The summed E-state index contributed by atoms with van der Waals surface area (Å²) in [5.41, 5.74) is 2.41. The molecule has 2 aromatic rings. The molecular formula is C30H42N6O3. The van der Waals surface area contributed by atoms with Gasteiger partial charge in [0.1, 0.15) is 6.61 Å². The van der Waals surface area contributed by atoms with Crippen LogP contribution in [0, 0.1) is 5.92 Å². The van der Waals surface area contributed by atoms with Gasteiger partial charge in [0.05, 0.1) is 6.04 Å². The summed E-state index contributed by atoms with van der Waals surface area (Å²) in [5, 5.41) is 4.14. The van der Waals surface area contributed by atoms with Crippen molar-refractivity contribution in [3.8, 4) is 5.88 Å². The van der Waals surface area contributed by atoms with Crippen LogP contribution in [0.15, 0.2) is 28.9 Å². The number of allylic oxidation sites excluding steroid dienone is 2. The molecular weight excluding hydrogens is 492 g/mol. The van der Waals surface area contributed by atoms with Crippen LogP contribution in [-0.2, 0) is 4.79 Å². The zero-order valence-corrected chi connectivity index (χ0v) is 23.4. The van der Waals surface area contributed by atoms with Gasteiger partial charge in [-0.15, -0.1) is 0 Å². The molecule has 6 rings (SSSR count). The predicted octanol–water partition coefficient (Wildman–Crippen LogP) is 4.52. The Hall–Kier alpha value is -2.94. The third kappa shape index (κ3) is 6.13. The van der Waals surface area contributed by atoms with E-state index in [1.54, 1.807) is 0 Å². The van der Waals surface area contributed by atoms with E-state index in [9.17, 15) is 4.79 Å². The molecule has 1 saturated carbocycles. The number of nitrogens with zero attached hydrogens (tertiary/aromatic N) is 6. The van der Waals surface area contributed by atoms with Gasteiger partial charge < -0.3 is 19.1 Å². The number of aromatic nitrogens is 3. The van der Waals surface area contributed by atoms with E-state index >= 15 is 0 Å². The minimum atomic E-state index is 0.116. The van der Waals surface area contributed by atoms with Gasteiger partial charge in [0.15, 0.2) is 5.82 Å². The van der Waals surface area contributed by atoms with Crippen LogP contribution in [0.3, 0.4) is 0 Å². The highest BCUT2D eigenvalue weighted by molar-refractivity contribution is 5.80. The van der Waals surface area contributed by atoms with Crippen LogP contribution in [-0.4, -0.2) is 82.2 Å². The number of rotatable bonds is 8. The van der Waals surface area contributed by atoms with E-state index in [4.69, 9.17) is 9.26 Å². The molecule has 9 heteroatoms. The summed E-state index contributed by atoms with van der Waals surface area (Å²) in [6.45, 7) is 9.43. The fourth-order valence-electron chi connectivity index (χ4n) is 6.17. The molecule has 2 aromatic heterocycles. The van der Waals surface area contributed by atoms with Crippen LogP contribution in [0.4, 0.5) is 6.01 Å². The summed E-state index contributed by atoms with van der Waals surface area (Å²) in [4.78, 5) is 29.2. The van der Waals surface area contributed by atoms with Crippen LogP contribution < -0.4 is 9.64 Å². The Morgan fingerprint density at radius 1 is 1.08 bits per heavy atom.